The highest BCUT2D eigenvalue weighted by Gasteiger charge is 2.13. The maximum absolute atomic E-state index is 13.7. The molecule has 0 aliphatic carbocycles. The van der Waals surface area contributed by atoms with Gasteiger partial charge in [-0.3, -0.25) is 4.98 Å². The van der Waals surface area contributed by atoms with Crippen LogP contribution in [0.4, 0.5) is 8.78 Å². The second-order valence-electron chi connectivity index (χ2n) is 3.19. The van der Waals surface area contributed by atoms with E-state index in [0.29, 0.717) is 5.39 Å². The lowest BCUT2D eigenvalue weighted by Crippen LogP contribution is -1.94. The standard InChI is InChI=1S/C11H6F2N2/c1-6-9(12)2-7-4-15-5-8(3-14)10(7)11(6)13/h2,4-5H,1H3. The monoisotopic (exact) mass is 204 g/mol. The first-order valence-corrected chi connectivity index (χ1v) is 4.27. The Bertz CT molecular complexity index is 585. The maximum Gasteiger partial charge on any atom is 0.138 e. The zero-order valence-corrected chi connectivity index (χ0v) is 7.88. The number of halogens is 2. The normalized spacial score (nSPS) is 10.3. The Kier molecular flexibility index (Phi) is 2.09. The predicted octanol–water partition coefficient (Wildman–Crippen LogP) is 2.69. The number of hydrogen-bond donors (Lipinski definition) is 0. The molecule has 2 aromatic rings. The van der Waals surface area contributed by atoms with Gasteiger partial charge in [-0.2, -0.15) is 5.26 Å². The third-order valence-corrected chi connectivity index (χ3v) is 2.28. The summed E-state index contributed by atoms with van der Waals surface area (Å²) in [4.78, 5) is 3.74. The van der Waals surface area contributed by atoms with Gasteiger partial charge in [0.25, 0.3) is 0 Å². The van der Waals surface area contributed by atoms with Crippen molar-refractivity contribution in [1.82, 2.24) is 4.98 Å². The number of benzene rings is 1. The molecule has 15 heavy (non-hydrogen) atoms. The van der Waals surface area contributed by atoms with Crippen molar-refractivity contribution in [2.24, 2.45) is 0 Å². The summed E-state index contributed by atoms with van der Waals surface area (Å²) in [5, 5.41) is 9.20. The molecule has 1 aromatic heterocycles. The lowest BCUT2D eigenvalue weighted by molar-refractivity contribution is 0.576. The van der Waals surface area contributed by atoms with Gasteiger partial charge in [-0.1, -0.05) is 0 Å². The van der Waals surface area contributed by atoms with Crippen molar-refractivity contribution in [3.05, 3.63) is 41.2 Å². The van der Waals surface area contributed by atoms with Gasteiger partial charge in [0, 0.05) is 28.7 Å². The molecule has 0 spiro atoms. The van der Waals surface area contributed by atoms with Gasteiger partial charge < -0.3 is 0 Å². The Morgan fingerprint density at radius 3 is 2.73 bits per heavy atom. The number of aromatic nitrogens is 1. The van der Waals surface area contributed by atoms with Gasteiger partial charge in [0.2, 0.25) is 0 Å². The Balaban J connectivity index is 3.01. The van der Waals surface area contributed by atoms with Crippen LogP contribution in [0.25, 0.3) is 10.8 Å². The highest BCUT2D eigenvalue weighted by molar-refractivity contribution is 5.88. The lowest BCUT2D eigenvalue weighted by atomic mass is 10.0. The minimum Gasteiger partial charge on any atom is -0.263 e. The van der Waals surface area contributed by atoms with Gasteiger partial charge in [-0.25, -0.2) is 8.78 Å². The van der Waals surface area contributed by atoms with Crippen LogP contribution in [-0.2, 0) is 0 Å². The molecule has 2 nitrogen and oxygen atoms in total. The van der Waals surface area contributed by atoms with Gasteiger partial charge in [0.1, 0.15) is 17.7 Å². The van der Waals surface area contributed by atoms with E-state index in [1.54, 1.807) is 0 Å². The summed E-state index contributed by atoms with van der Waals surface area (Å²) in [6, 6.07) is 3.01. The van der Waals surface area contributed by atoms with Crippen molar-refractivity contribution in [1.29, 1.82) is 5.26 Å². The second-order valence-corrected chi connectivity index (χ2v) is 3.19. The van der Waals surface area contributed by atoms with Crippen molar-refractivity contribution in [3.8, 4) is 6.07 Å². The van der Waals surface area contributed by atoms with Crippen molar-refractivity contribution in [2.75, 3.05) is 0 Å². The molecule has 1 heterocycles. The van der Waals surface area contributed by atoms with Gasteiger partial charge >= 0.3 is 0 Å². The largest absolute Gasteiger partial charge is 0.263 e. The van der Waals surface area contributed by atoms with E-state index in [0.717, 1.165) is 0 Å². The van der Waals surface area contributed by atoms with Crippen molar-refractivity contribution in [2.45, 2.75) is 6.92 Å². The zero-order valence-electron chi connectivity index (χ0n) is 7.88. The van der Waals surface area contributed by atoms with Crippen LogP contribution in [0.15, 0.2) is 18.5 Å². The van der Waals surface area contributed by atoms with Crippen LogP contribution in [0.5, 0.6) is 0 Å². The molecule has 0 bridgehead atoms. The average molecular weight is 204 g/mol. The fourth-order valence-electron chi connectivity index (χ4n) is 1.45. The summed E-state index contributed by atoms with van der Waals surface area (Å²) >= 11 is 0. The Morgan fingerprint density at radius 2 is 2.07 bits per heavy atom. The number of pyridine rings is 1. The Hall–Kier alpha value is -2.02. The minimum absolute atomic E-state index is 0.0785. The Morgan fingerprint density at radius 1 is 1.33 bits per heavy atom. The van der Waals surface area contributed by atoms with Gasteiger partial charge in [0.15, 0.2) is 0 Å². The van der Waals surface area contributed by atoms with E-state index >= 15 is 0 Å². The first-order valence-electron chi connectivity index (χ1n) is 4.27. The molecule has 0 saturated heterocycles. The van der Waals surface area contributed by atoms with E-state index in [1.807, 2.05) is 6.07 Å². The number of nitriles is 1. The first-order chi connectivity index (χ1) is 7.15. The molecule has 0 radical (unpaired) electrons. The minimum atomic E-state index is -0.691. The molecule has 0 aliphatic heterocycles. The maximum atomic E-state index is 13.7. The molecule has 4 heteroatoms. The predicted molar refractivity (Wildman–Crippen MR) is 51.1 cm³/mol. The Labute approximate surface area is 84.8 Å². The van der Waals surface area contributed by atoms with Crippen molar-refractivity contribution in [3.63, 3.8) is 0 Å². The fraction of sp³-hybridized carbons (Fsp3) is 0.0909. The highest BCUT2D eigenvalue weighted by atomic mass is 19.1. The topological polar surface area (TPSA) is 36.7 Å². The zero-order chi connectivity index (χ0) is 11.0. The molecule has 2 rings (SSSR count). The van der Waals surface area contributed by atoms with E-state index in [2.05, 4.69) is 4.98 Å². The summed E-state index contributed by atoms with van der Waals surface area (Å²) in [5.74, 6) is -1.32. The first kappa shape index (κ1) is 9.53. The van der Waals surface area contributed by atoms with E-state index in [4.69, 9.17) is 5.26 Å². The molecule has 74 valence electrons. The number of fused-ring (bicyclic) bond motifs is 1. The SMILES string of the molecule is Cc1c(F)cc2cncc(C#N)c2c1F. The summed E-state index contributed by atoms with van der Waals surface area (Å²) in [7, 11) is 0. The van der Waals surface area contributed by atoms with Crippen molar-refractivity contribution < 1.29 is 8.78 Å². The van der Waals surface area contributed by atoms with Gasteiger partial charge in [0.05, 0.1) is 5.56 Å². The van der Waals surface area contributed by atoms with E-state index in [1.165, 1.54) is 25.4 Å². The quantitative estimate of drug-likeness (QED) is 0.661. The van der Waals surface area contributed by atoms with Gasteiger partial charge in [-0.15, -0.1) is 0 Å². The molecule has 0 fully saturated rings. The molecule has 1 aromatic carbocycles. The van der Waals surface area contributed by atoms with Crippen LogP contribution in [0.1, 0.15) is 11.1 Å². The van der Waals surface area contributed by atoms with Crippen LogP contribution >= 0.6 is 0 Å². The summed E-state index contributed by atoms with van der Waals surface area (Å²) < 4.78 is 26.9. The molecule has 0 saturated carbocycles. The highest BCUT2D eigenvalue weighted by Crippen LogP contribution is 2.25. The molecule has 0 N–H and O–H groups in total. The number of rotatable bonds is 0. The molecule has 0 aliphatic rings. The van der Waals surface area contributed by atoms with E-state index in [-0.39, 0.29) is 16.5 Å². The molecule has 0 atom stereocenters. The molecule has 0 unspecified atom stereocenters. The number of nitrogens with zero attached hydrogens (tertiary/aromatic N) is 2. The van der Waals surface area contributed by atoms with Crippen LogP contribution in [-0.4, -0.2) is 4.98 Å². The van der Waals surface area contributed by atoms with Crippen LogP contribution in [0.3, 0.4) is 0 Å². The number of hydrogen-bond acceptors (Lipinski definition) is 2. The molecular formula is C11H6F2N2. The third kappa shape index (κ3) is 1.33. The summed E-state index contributed by atoms with van der Waals surface area (Å²) in [5.41, 5.74) is 0.0401. The van der Waals surface area contributed by atoms with Crippen molar-refractivity contribution >= 4 is 10.8 Å². The molecular weight excluding hydrogens is 198 g/mol. The van der Waals surface area contributed by atoms with Crippen LogP contribution < -0.4 is 0 Å². The van der Waals surface area contributed by atoms with E-state index in [9.17, 15) is 8.78 Å². The molecule has 0 amide bonds. The van der Waals surface area contributed by atoms with Crippen LogP contribution in [0.2, 0.25) is 0 Å². The smallest absolute Gasteiger partial charge is 0.138 e. The fourth-order valence-corrected chi connectivity index (χ4v) is 1.45. The third-order valence-electron chi connectivity index (χ3n) is 2.28. The summed E-state index contributed by atoms with van der Waals surface area (Å²) in [6.07, 6.45) is 2.60. The summed E-state index contributed by atoms with van der Waals surface area (Å²) in [6.45, 7) is 1.34. The average Bonchev–Trinajstić information content (AvgIpc) is 2.25. The van der Waals surface area contributed by atoms with Crippen LogP contribution in [0, 0.1) is 29.9 Å². The lowest BCUT2D eigenvalue weighted by Gasteiger charge is -2.04. The second kappa shape index (κ2) is 3.28. The van der Waals surface area contributed by atoms with Gasteiger partial charge in [-0.05, 0) is 13.0 Å². The van der Waals surface area contributed by atoms with E-state index < -0.39 is 11.6 Å².